The fourth-order valence-electron chi connectivity index (χ4n) is 3.16. The highest BCUT2D eigenvalue weighted by Gasteiger charge is 2.51. The zero-order valence-corrected chi connectivity index (χ0v) is 13.8. The summed E-state index contributed by atoms with van der Waals surface area (Å²) in [6.07, 6.45) is -0.888. The van der Waals surface area contributed by atoms with Crippen LogP contribution in [-0.4, -0.2) is 51.9 Å². The molecule has 2 rings (SSSR count). The molecule has 2 amide bonds. The van der Waals surface area contributed by atoms with Crippen molar-refractivity contribution in [1.82, 2.24) is 9.80 Å². The van der Waals surface area contributed by atoms with Crippen LogP contribution in [0.4, 0.5) is 0 Å². The predicted octanol–water partition coefficient (Wildman–Crippen LogP) is 1.82. The van der Waals surface area contributed by atoms with Crippen molar-refractivity contribution >= 4 is 17.8 Å². The molecule has 1 heterocycles. The van der Waals surface area contributed by atoms with Crippen LogP contribution in [0.15, 0.2) is 30.3 Å². The monoisotopic (exact) mass is 318 g/mol. The lowest BCUT2D eigenvalue weighted by Gasteiger charge is -2.38. The van der Waals surface area contributed by atoms with Crippen molar-refractivity contribution < 1.29 is 19.5 Å². The Morgan fingerprint density at radius 1 is 1.17 bits per heavy atom. The third kappa shape index (κ3) is 3.21. The van der Waals surface area contributed by atoms with E-state index in [2.05, 4.69) is 0 Å². The van der Waals surface area contributed by atoms with E-state index >= 15 is 0 Å². The molecular weight excluding hydrogens is 296 g/mol. The number of carbonyl (C=O) groups excluding carboxylic acids is 2. The molecule has 2 atom stereocenters. The number of carbonyl (C=O) groups is 3. The van der Waals surface area contributed by atoms with Gasteiger partial charge in [-0.1, -0.05) is 39.0 Å². The van der Waals surface area contributed by atoms with E-state index in [-0.39, 0.29) is 11.8 Å². The quantitative estimate of drug-likeness (QED) is 0.922. The molecule has 1 aromatic carbocycles. The van der Waals surface area contributed by atoms with Gasteiger partial charge in [-0.25, -0.2) is 0 Å². The van der Waals surface area contributed by atoms with Crippen molar-refractivity contribution in [2.75, 3.05) is 7.05 Å². The minimum atomic E-state index is -1.10. The van der Waals surface area contributed by atoms with Crippen LogP contribution < -0.4 is 0 Å². The van der Waals surface area contributed by atoms with Crippen molar-refractivity contribution in [2.24, 2.45) is 5.41 Å². The van der Waals surface area contributed by atoms with E-state index in [1.54, 1.807) is 37.4 Å². The Kier molecular flexibility index (Phi) is 4.45. The molecule has 0 aromatic heterocycles. The predicted molar refractivity (Wildman–Crippen MR) is 84.7 cm³/mol. The zero-order valence-electron chi connectivity index (χ0n) is 13.8. The van der Waals surface area contributed by atoms with Crippen molar-refractivity contribution in [1.29, 1.82) is 0 Å². The number of nitrogens with zero attached hydrogens (tertiary/aromatic N) is 2. The molecule has 1 aliphatic rings. The number of hydrogen-bond acceptors (Lipinski definition) is 3. The van der Waals surface area contributed by atoms with Crippen molar-refractivity contribution in [3.63, 3.8) is 0 Å². The van der Waals surface area contributed by atoms with Gasteiger partial charge in [-0.05, 0) is 12.1 Å². The fourth-order valence-corrected chi connectivity index (χ4v) is 3.16. The Hall–Kier alpha value is -2.37. The van der Waals surface area contributed by atoms with Gasteiger partial charge in [0.2, 0.25) is 5.91 Å². The third-order valence-electron chi connectivity index (χ3n) is 4.00. The summed E-state index contributed by atoms with van der Waals surface area (Å²) >= 11 is 0. The normalized spacial score (nSPS) is 21.7. The molecule has 0 unspecified atom stereocenters. The summed E-state index contributed by atoms with van der Waals surface area (Å²) < 4.78 is 0. The van der Waals surface area contributed by atoms with Gasteiger partial charge in [0.1, 0.15) is 12.2 Å². The summed E-state index contributed by atoms with van der Waals surface area (Å²) in [5, 5.41) is 9.13. The van der Waals surface area contributed by atoms with Crippen LogP contribution in [-0.2, 0) is 9.59 Å². The maximum atomic E-state index is 12.9. The number of carboxylic acids is 1. The van der Waals surface area contributed by atoms with Crippen LogP contribution in [0.1, 0.15) is 37.6 Å². The molecule has 0 bridgehead atoms. The van der Waals surface area contributed by atoms with E-state index in [4.69, 9.17) is 5.11 Å². The second-order valence-electron chi connectivity index (χ2n) is 6.88. The van der Waals surface area contributed by atoms with E-state index in [0.717, 1.165) is 0 Å². The van der Waals surface area contributed by atoms with Crippen LogP contribution >= 0.6 is 0 Å². The number of amides is 2. The smallest absolute Gasteiger partial charge is 0.305 e. The molecule has 6 heteroatoms. The second-order valence-corrected chi connectivity index (χ2v) is 6.88. The average Bonchev–Trinajstić information content (AvgIpc) is 2.71. The molecule has 1 N–H and O–H groups in total. The Morgan fingerprint density at radius 2 is 1.74 bits per heavy atom. The number of hydrogen-bond donors (Lipinski definition) is 1. The van der Waals surface area contributed by atoms with Gasteiger partial charge in [-0.2, -0.15) is 0 Å². The molecule has 6 nitrogen and oxygen atoms in total. The van der Waals surface area contributed by atoms with Crippen LogP contribution in [0.2, 0.25) is 0 Å². The number of carboxylic acid groups (broad SMARTS) is 1. The Morgan fingerprint density at radius 3 is 2.22 bits per heavy atom. The number of likely N-dealkylation sites (N-methyl/N-ethyl adjacent to an activating group) is 1. The van der Waals surface area contributed by atoms with Crippen LogP contribution in [0.3, 0.4) is 0 Å². The zero-order chi connectivity index (χ0) is 17.4. The van der Waals surface area contributed by atoms with Gasteiger partial charge in [-0.3, -0.25) is 14.4 Å². The minimum Gasteiger partial charge on any atom is -0.481 e. The Labute approximate surface area is 135 Å². The summed E-state index contributed by atoms with van der Waals surface area (Å²) in [5.74, 6) is -1.76. The van der Waals surface area contributed by atoms with E-state index < -0.39 is 30.0 Å². The first kappa shape index (κ1) is 17.0. The largest absolute Gasteiger partial charge is 0.481 e. The molecular formula is C17H22N2O4. The maximum absolute atomic E-state index is 12.9. The summed E-state index contributed by atoms with van der Waals surface area (Å²) in [6, 6.07) is 7.65. The standard InChI is InChI=1S/C17H22N2O4/c1-17(2,3)16-18(4)15(23)12(10-13(20)21)19(16)14(22)11-8-6-5-7-9-11/h5-9,12,16H,10H2,1-4H3,(H,20,21)/t12-,16-/m1/s1. The number of aliphatic carboxylic acids is 1. The molecule has 0 saturated carbocycles. The number of rotatable bonds is 3. The first-order valence-corrected chi connectivity index (χ1v) is 7.50. The van der Waals surface area contributed by atoms with E-state index in [0.29, 0.717) is 5.56 Å². The van der Waals surface area contributed by atoms with Gasteiger partial charge < -0.3 is 14.9 Å². The van der Waals surface area contributed by atoms with Crippen molar-refractivity contribution in [3.05, 3.63) is 35.9 Å². The third-order valence-corrected chi connectivity index (χ3v) is 4.00. The highest BCUT2D eigenvalue weighted by Crippen LogP contribution is 2.35. The first-order chi connectivity index (χ1) is 10.6. The molecule has 1 saturated heterocycles. The summed E-state index contributed by atoms with van der Waals surface area (Å²) in [5.41, 5.74) is 0.0440. The topological polar surface area (TPSA) is 77.9 Å². The van der Waals surface area contributed by atoms with E-state index in [1.165, 1.54) is 9.80 Å². The van der Waals surface area contributed by atoms with Gasteiger partial charge in [0.05, 0.1) is 6.42 Å². The van der Waals surface area contributed by atoms with Crippen LogP contribution in [0.25, 0.3) is 0 Å². The second kappa shape index (κ2) is 6.02. The lowest BCUT2D eigenvalue weighted by molar-refractivity contribution is -0.140. The van der Waals surface area contributed by atoms with Gasteiger partial charge >= 0.3 is 5.97 Å². The van der Waals surface area contributed by atoms with Gasteiger partial charge in [0.25, 0.3) is 5.91 Å². The lowest BCUT2D eigenvalue weighted by atomic mass is 9.90. The first-order valence-electron chi connectivity index (χ1n) is 7.50. The minimum absolute atomic E-state index is 0.325. The summed E-state index contributed by atoms with van der Waals surface area (Å²) in [6.45, 7) is 5.78. The lowest BCUT2D eigenvalue weighted by Crippen LogP contribution is -2.51. The van der Waals surface area contributed by atoms with Crippen LogP contribution in [0, 0.1) is 5.41 Å². The molecule has 1 fully saturated rings. The number of benzene rings is 1. The summed E-state index contributed by atoms with van der Waals surface area (Å²) in [7, 11) is 1.62. The molecule has 1 aliphatic heterocycles. The average molecular weight is 318 g/mol. The maximum Gasteiger partial charge on any atom is 0.305 e. The fraction of sp³-hybridized carbons (Fsp3) is 0.471. The van der Waals surface area contributed by atoms with Gasteiger partial charge in [0.15, 0.2) is 0 Å². The van der Waals surface area contributed by atoms with Crippen molar-refractivity contribution in [2.45, 2.75) is 39.4 Å². The molecule has 0 aliphatic carbocycles. The Balaban J connectivity index is 2.48. The van der Waals surface area contributed by atoms with E-state index in [9.17, 15) is 14.4 Å². The summed E-state index contributed by atoms with van der Waals surface area (Å²) in [4.78, 5) is 39.5. The molecule has 124 valence electrons. The SMILES string of the molecule is CN1C(=O)[C@@H](CC(=O)O)N(C(=O)c2ccccc2)[C@@H]1C(C)(C)C. The van der Waals surface area contributed by atoms with E-state index in [1.807, 2.05) is 20.8 Å². The highest BCUT2D eigenvalue weighted by molar-refractivity contribution is 6.00. The Bertz CT molecular complexity index is 621. The van der Waals surface area contributed by atoms with Crippen LogP contribution in [0.5, 0.6) is 0 Å². The molecule has 23 heavy (non-hydrogen) atoms. The highest BCUT2D eigenvalue weighted by atomic mass is 16.4. The van der Waals surface area contributed by atoms with Gasteiger partial charge in [-0.15, -0.1) is 0 Å². The molecule has 0 radical (unpaired) electrons. The van der Waals surface area contributed by atoms with Gasteiger partial charge in [0, 0.05) is 18.0 Å². The molecule has 1 aromatic rings. The molecule has 0 spiro atoms. The van der Waals surface area contributed by atoms with Crippen molar-refractivity contribution in [3.8, 4) is 0 Å².